The van der Waals surface area contributed by atoms with E-state index < -0.39 is 0 Å². The average Bonchev–Trinajstić information content (AvgIpc) is 3.70. The Bertz CT molecular complexity index is 926. The Morgan fingerprint density at radius 2 is 1.02 bits per heavy atom. The van der Waals surface area contributed by atoms with Crippen LogP contribution in [0.5, 0.6) is 0 Å². The van der Waals surface area contributed by atoms with Crippen molar-refractivity contribution in [2.24, 2.45) is 5.92 Å². The Balaban J connectivity index is 0. The molecule has 0 amide bonds. The van der Waals surface area contributed by atoms with E-state index in [-0.39, 0.29) is 6.01 Å². The predicted molar refractivity (Wildman–Crippen MR) is 262 cm³/mol. The molecule has 1 rings (SSSR count). The lowest BCUT2D eigenvalue weighted by Gasteiger charge is -2.22. The summed E-state index contributed by atoms with van der Waals surface area (Å²) in [5.74, 6) is 1.36. The SMILES string of the molecule is CCCCC(CCCC)CCOC.CCCCCCCCC(CCCCCCCC)OC.Nc1nc(NCCCN(CCCCCCCC=O)CCCCCCCC=O)no1. The van der Waals surface area contributed by atoms with E-state index in [1.165, 1.54) is 173 Å². The van der Waals surface area contributed by atoms with Crippen LogP contribution in [-0.4, -0.2) is 80.7 Å². The minimum Gasteiger partial charge on any atom is -0.385 e. The van der Waals surface area contributed by atoms with Crippen LogP contribution in [0.25, 0.3) is 0 Å². The van der Waals surface area contributed by atoms with E-state index in [0.717, 1.165) is 83.4 Å². The molecule has 3 N–H and O–H groups in total. The largest absolute Gasteiger partial charge is 0.385 e. The van der Waals surface area contributed by atoms with Gasteiger partial charge in [0.25, 0.3) is 5.95 Å². The van der Waals surface area contributed by atoms with Gasteiger partial charge in [0.1, 0.15) is 12.6 Å². The van der Waals surface area contributed by atoms with E-state index in [0.29, 0.717) is 24.9 Å². The van der Waals surface area contributed by atoms with E-state index >= 15 is 0 Å². The van der Waals surface area contributed by atoms with E-state index in [2.05, 4.69) is 48.1 Å². The molecule has 0 radical (unpaired) electrons. The van der Waals surface area contributed by atoms with Gasteiger partial charge in [-0.3, -0.25) is 0 Å². The number of ether oxygens (including phenoxy) is 2. The molecule has 10 heteroatoms. The first-order valence-electron chi connectivity index (χ1n) is 25.9. The Morgan fingerprint density at radius 1 is 0.574 bits per heavy atom. The third-order valence-electron chi connectivity index (χ3n) is 11.7. The molecule has 0 aromatic carbocycles. The van der Waals surface area contributed by atoms with Gasteiger partial charge >= 0.3 is 6.01 Å². The smallest absolute Gasteiger partial charge is 0.320 e. The summed E-state index contributed by atoms with van der Waals surface area (Å²) in [6.07, 6.45) is 45.3. The lowest BCUT2D eigenvalue weighted by atomic mass is 9.93. The molecule has 0 atom stereocenters. The van der Waals surface area contributed by atoms with Gasteiger partial charge < -0.3 is 39.5 Å². The molecule has 10 nitrogen and oxygen atoms in total. The van der Waals surface area contributed by atoms with Crippen LogP contribution in [0.3, 0.4) is 0 Å². The summed E-state index contributed by atoms with van der Waals surface area (Å²) in [7, 11) is 3.69. The minimum atomic E-state index is 0.0791. The van der Waals surface area contributed by atoms with Crippen molar-refractivity contribution < 1.29 is 23.6 Å². The van der Waals surface area contributed by atoms with Crippen LogP contribution in [0.2, 0.25) is 0 Å². The Morgan fingerprint density at radius 3 is 1.44 bits per heavy atom. The van der Waals surface area contributed by atoms with Crippen molar-refractivity contribution in [1.29, 1.82) is 0 Å². The molecule has 1 aromatic heterocycles. The van der Waals surface area contributed by atoms with Crippen molar-refractivity contribution in [1.82, 2.24) is 15.0 Å². The van der Waals surface area contributed by atoms with E-state index in [4.69, 9.17) is 19.7 Å². The highest BCUT2D eigenvalue weighted by molar-refractivity contribution is 5.49. The van der Waals surface area contributed by atoms with Crippen LogP contribution in [0, 0.1) is 5.92 Å². The van der Waals surface area contributed by atoms with Crippen LogP contribution in [-0.2, 0) is 19.1 Å². The summed E-state index contributed by atoms with van der Waals surface area (Å²) in [5, 5.41) is 6.87. The molecule has 61 heavy (non-hydrogen) atoms. The van der Waals surface area contributed by atoms with Gasteiger partial charge in [0, 0.05) is 40.2 Å². The second-order valence-corrected chi connectivity index (χ2v) is 17.4. The lowest BCUT2D eigenvalue weighted by Crippen LogP contribution is -2.28. The van der Waals surface area contributed by atoms with Gasteiger partial charge in [-0.1, -0.05) is 182 Å². The molecular formula is C51H103N5O5. The molecule has 1 aromatic rings. The average molecular weight is 866 g/mol. The number of unbranched alkanes of at least 4 members (excludes halogenated alkanes) is 22. The first kappa shape index (κ1) is 61.0. The van der Waals surface area contributed by atoms with E-state index in [1.54, 1.807) is 7.11 Å². The van der Waals surface area contributed by atoms with Crippen molar-refractivity contribution in [3.8, 4) is 0 Å². The highest BCUT2D eigenvalue weighted by Crippen LogP contribution is 2.20. The second-order valence-electron chi connectivity index (χ2n) is 17.4. The maximum Gasteiger partial charge on any atom is 0.320 e. The van der Waals surface area contributed by atoms with Crippen molar-refractivity contribution in [3.05, 3.63) is 0 Å². The molecule has 0 unspecified atom stereocenters. The molecule has 0 fully saturated rings. The number of aldehydes is 2. The summed E-state index contributed by atoms with van der Waals surface area (Å²) < 4.78 is 15.5. The number of rotatable bonds is 45. The zero-order chi connectivity index (χ0) is 45.1. The number of aromatic nitrogens is 2. The van der Waals surface area contributed by atoms with Gasteiger partial charge in [0.05, 0.1) is 6.10 Å². The van der Waals surface area contributed by atoms with Crippen molar-refractivity contribution >= 4 is 24.5 Å². The number of methoxy groups -OCH3 is 2. The molecule has 0 aliphatic heterocycles. The number of hydrogen-bond donors (Lipinski definition) is 2. The molecule has 362 valence electrons. The zero-order valence-electron chi connectivity index (χ0n) is 41.3. The maximum absolute atomic E-state index is 10.4. The van der Waals surface area contributed by atoms with Gasteiger partial charge in [-0.2, -0.15) is 4.98 Å². The van der Waals surface area contributed by atoms with Crippen LogP contribution < -0.4 is 11.1 Å². The summed E-state index contributed by atoms with van der Waals surface area (Å²) in [6, 6.07) is 0.0791. The quantitative estimate of drug-likeness (QED) is 0.0482. The highest BCUT2D eigenvalue weighted by Gasteiger charge is 2.09. The molecule has 0 aliphatic rings. The summed E-state index contributed by atoms with van der Waals surface area (Å²) in [6.45, 7) is 14.1. The first-order chi connectivity index (χ1) is 29.9. The monoisotopic (exact) mass is 866 g/mol. The third kappa shape index (κ3) is 47.3. The standard InChI is InChI=1S/C21H39N5O3.C18H38O.C12H26O/c22-20-24-21(25-29-20)23-14-13-17-26(15-9-5-1-3-7-11-18-27)16-10-6-2-4-8-12-19-28;1-4-6-8-10-12-14-16-18(19-3)17-15-13-11-9-7-5-2;1-4-6-8-12(9-7-5-2)10-11-13-3/h18-19H,1-17H2,(H3,22,23,24,25);18H,4-17H2,1-3H3;12H,4-11H2,1-3H3. The fourth-order valence-corrected chi connectivity index (χ4v) is 7.72. The normalized spacial score (nSPS) is 11.2. The molecule has 0 saturated carbocycles. The van der Waals surface area contributed by atoms with Crippen LogP contribution in [0.1, 0.15) is 246 Å². The second kappa shape index (κ2) is 52.3. The number of nitrogens with two attached hydrogens (primary N) is 1. The number of hydrogen-bond acceptors (Lipinski definition) is 10. The topological polar surface area (TPSA) is 133 Å². The van der Waals surface area contributed by atoms with Gasteiger partial charge in [-0.15, -0.1) is 0 Å². The maximum atomic E-state index is 10.4. The number of nitrogens with one attached hydrogen (secondary N) is 1. The fourth-order valence-electron chi connectivity index (χ4n) is 7.72. The number of anilines is 2. The summed E-state index contributed by atoms with van der Waals surface area (Å²) >= 11 is 0. The summed E-state index contributed by atoms with van der Waals surface area (Å²) in [5.41, 5.74) is 5.42. The van der Waals surface area contributed by atoms with Gasteiger partial charge in [0.2, 0.25) is 0 Å². The number of nitrogen functional groups attached to an aromatic ring is 1. The van der Waals surface area contributed by atoms with Gasteiger partial charge in [-0.25, -0.2) is 0 Å². The molecule has 1 heterocycles. The zero-order valence-corrected chi connectivity index (χ0v) is 41.3. The molecule has 0 aliphatic carbocycles. The molecular weight excluding hydrogens is 763 g/mol. The Hall–Kier alpha value is -2.04. The van der Waals surface area contributed by atoms with E-state index in [1.807, 2.05) is 7.11 Å². The van der Waals surface area contributed by atoms with Crippen LogP contribution >= 0.6 is 0 Å². The molecule has 0 saturated heterocycles. The van der Waals surface area contributed by atoms with E-state index in [9.17, 15) is 9.59 Å². The van der Waals surface area contributed by atoms with Gasteiger partial charge in [0.15, 0.2) is 0 Å². The molecule has 0 bridgehead atoms. The van der Waals surface area contributed by atoms with Crippen molar-refractivity contribution in [2.45, 2.75) is 252 Å². The van der Waals surface area contributed by atoms with Gasteiger partial charge in [-0.05, 0) is 82.1 Å². The summed E-state index contributed by atoms with van der Waals surface area (Å²) in [4.78, 5) is 27.2. The van der Waals surface area contributed by atoms with Crippen LogP contribution in [0.15, 0.2) is 4.52 Å². The first-order valence-corrected chi connectivity index (χ1v) is 25.9. The fraction of sp³-hybridized carbons (Fsp3) is 0.922. The number of carbonyl (C=O) groups excluding carboxylic acids is 2. The number of carbonyl (C=O) groups is 2. The third-order valence-corrected chi connectivity index (χ3v) is 11.7. The highest BCUT2D eigenvalue weighted by atomic mass is 16.5. The lowest BCUT2D eigenvalue weighted by molar-refractivity contribution is -0.108. The van der Waals surface area contributed by atoms with Crippen molar-refractivity contribution in [3.63, 3.8) is 0 Å². The molecule has 0 spiro atoms. The Kier molecular flexibility index (Phi) is 52.3. The van der Waals surface area contributed by atoms with Crippen molar-refractivity contribution in [2.75, 3.05) is 58.1 Å². The Labute approximate surface area is 378 Å². The number of nitrogens with zero attached hydrogens (tertiary/aromatic N) is 3. The minimum absolute atomic E-state index is 0.0791. The predicted octanol–water partition coefficient (Wildman–Crippen LogP) is 14.4. The van der Waals surface area contributed by atoms with Crippen LogP contribution in [0.4, 0.5) is 12.0 Å².